The molecule has 0 bridgehead atoms. The van der Waals surface area contributed by atoms with E-state index in [1.165, 1.54) is 22.2 Å². The van der Waals surface area contributed by atoms with Gasteiger partial charge in [-0.1, -0.05) is 18.2 Å². The lowest BCUT2D eigenvalue weighted by Crippen LogP contribution is -2.30. The second-order valence-electron chi connectivity index (χ2n) is 5.89. The van der Waals surface area contributed by atoms with Crippen LogP contribution in [-0.4, -0.2) is 32.5 Å². The van der Waals surface area contributed by atoms with Gasteiger partial charge >= 0.3 is 5.97 Å². The van der Waals surface area contributed by atoms with Crippen LogP contribution in [0.25, 0.3) is 10.9 Å². The first-order valence-corrected chi connectivity index (χ1v) is 7.70. The molecule has 23 heavy (non-hydrogen) atoms. The van der Waals surface area contributed by atoms with Crippen molar-refractivity contribution in [1.29, 1.82) is 0 Å². The zero-order valence-electron chi connectivity index (χ0n) is 12.6. The number of benzene rings is 1. The molecule has 116 valence electrons. The number of aromatic amines is 1. The van der Waals surface area contributed by atoms with Gasteiger partial charge in [0.2, 0.25) is 0 Å². The van der Waals surface area contributed by atoms with E-state index in [2.05, 4.69) is 33.1 Å². The molecular weight excluding hydrogens is 290 g/mol. The highest BCUT2D eigenvalue weighted by atomic mass is 16.4. The Kier molecular flexibility index (Phi) is 3.35. The molecule has 0 fully saturated rings. The van der Waals surface area contributed by atoms with Crippen molar-refractivity contribution in [3.8, 4) is 0 Å². The maximum atomic E-state index is 11.3. The zero-order chi connectivity index (χ0) is 15.8. The summed E-state index contributed by atoms with van der Waals surface area (Å²) in [6.45, 7) is 2.25. The van der Waals surface area contributed by atoms with Gasteiger partial charge < -0.3 is 10.1 Å². The second-order valence-corrected chi connectivity index (χ2v) is 5.89. The fourth-order valence-electron chi connectivity index (χ4n) is 3.35. The summed E-state index contributed by atoms with van der Waals surface area (Å²) in [6.07, 6.45) is 2.62. The molecule has 4 rings (SSSR count). The monoisotopic (exact) mass is 307 g/mol. The fourth-order valence-corrected chi connectivity index (χ4v) is 3.35. The van der Waals surface area contributed by atoms with Crippen LogP contribution in [0.1, 0.15) is 27.3 Å². The molecule has 0 aliphatic carbocycles. The summed E-state index contributed by atoms with van der Waals surface area (Å²) in [5.41, 5.74) is 4.69. The number of aromatic nitrogens is 2. The SMILES string of the molecule is O=C(O)c1cccnc1CN1CCc2c([nH]c3ccccc23)C1. The summed E-state index contributed by atoms with van der Waals surface area (Å²) in [4.78, 5) is 21.3. The third-order valence-electron chi connectivity index (χ3n) is 4.46. The van der Waals surface area contributed by atoms with Crippen molar-refractivity contribution in [3.05, 3.63) is 65.1 Å². The van der Waals surface area contributed by atoms with Crippen molar-refractivity contribution >= 4 is 16.9 Å². The third kappa shape index (κ3) is 2.49. The third-order valence-corrected chi connectivity index (χ3v) is 4.46. The number of para-hydroxylation sites is 1. The van der Waals surface area contributed by atoms with Crippen molar-refractivity contribution in [2.75, 3.05) is 6.54 Å². The van der Waals surface area contributed by atoms with Crippen LogP contribution < -0.4 is 0 Å². The lowest BCUT2D eigenvalue weighted by atomic mass is 10.0. The van der Waals surface area contributed by atoms with Gasteiger partial charge in [0.15, 0.2) is 0 Å². The molecule has 0 unspecified atom stereocenters. The normalized spacial score (nSPS) is 14.8. The number of hydrogen-bond donors (Lipinski definition) is 2. The van der Waals surface area contributed by atoms with Crippen LogP contribution in [0.5, 0.6) is 0 Å². The Morgan fingerprint density at radius 1 is 1.26 bits per heavy atom. The highest BCUT2D eigenvalue weighted by Crippen LogP contribution is 2.28. The Hall–Kier alpha value is -2.66. The number of aromatic carboxylic acids is 1. The molecule has 0 radical (unpaired) electrons. The molecule has 3 aromatic rings. The molecule has 0 atom stereocenters. The number of hydrogen-bond acceptors (Lipinski definition) is 3. The summed E-state index contributed by atoms with van der Waals surface area (Å²) in [5.74, 6) is -0.920. The number of fused-ring (bicyclic) bond motifs is 3. The molecule has 2 aromatic heterocycles. The Balaban J connectivity index is 1.60. The number of nitrogens with one attached hydrogen (secondary N) is 1. The van der Waals surface area contributed by atoms with Gasteiger partial charge in [-0.2, -0.15) is 0 Å². The van der Waals surface area contributed by atoms with Gasteiger partial charge in [-0.15, -0.1) is 0 Å². The number of carboxylic acid groups (broad SMARTS) is 1. The first kappa shape index (κ1) is 14.0. The molecule has 5 heteroatoms. The van der Waals surface area contributed by atoms with E-state index >= 15 is 0 Å². The maximum absolute atomic E-state index is 11.3. The fraction of sp³-hybridized carbons (Fsp3) is 0.222. The van der Waals surface area contributed by atoms with Gasteiger partial charge in [0.1, 0.15) is 0 Å². The highest BCUT2D eigenvalue weighted by molar-refractivity contribution is 5.88. The van der Waals surface area contributed by atoms with E-state index < -0.39 is 5.97 Å². The topological polar surface area (TPSA) is 69.2 Å². The first-order valence-electron chi connectivity index (χ1n) is 7.70. The van der Waals surface area contributed by atoms with Gasteiger partial charge in [0.25, 0.3) is 0 Å². The van der Waals surface area contributed by atoms with Crippen molar-refractivity contribution < 1.29 is 9.90 Å². The van der Waals surface area contributed by atoms with E-state index in [-0.39, 0.29) is 5.56 Å². The average molecular weight is 307 g/mol. The molecule has 0 saturated carbocycles. The van der Waals surface area contributed by atoms with E-state index in [1.807, 2.05) is 6.07 Å². The Bertz CT molecular complexity index is 885. The van der Waals surface area contributed by atoms with Gasteiger partial charge in [-0.25, -0.2) is 4.79 Å². The number of nitrogens with zero attached hydrogens (tertiary/aromatic N) is 2. The molecule has 0 amide bonds. The predicted molar refractivity (Wildman–Crippen MR) is 87.3 cm³/mol. The van der Waals surface area contributed by atoms with Crippen LogP contribution >= 0.6 is 0 Å². The molecular formula is C18H17N3O2. The van der Waals surface area contributed by atoms with Gasteiger partial charge in [-0.05, 0) is 30.2 Å². The number of carboxylic acids is 1. The van der Waals surface area contributed by atoms with Crippen LogP contribution in [0.15, 0.2) is 42.6 Å². The average Bonchev–Trinajstić information content (AvgIpc) is 2.93. The van der Waals surface area contributed by atoms with E-state index in [0.29, 0.717) is 12.2 Å². The number of carbonyl (C=O) groups is 1. The molecule has 0 saturated heterocycles. The van der Waals surface area contributed by atoms with Crippen LogP contribution in [0, 0.1) is 0 Å². The van der Waals surface area contributed by atoms with E-state index in [1.54, 1.807) is 18.3 Å². The quantitative estimate of drug-likeness (QED) is 0.780. The van der Waals surface area contributed by atoms with Crippen molar-refractivity contribution in [3.63, 3.8) is 0 Å². The standard InChI is InChI=1S/C18H17N3O2/c22-18(23)14-5-3-8-19-16(14)10-21-9-7-13-12-4-1-2-6-15(12)20-17(13)11-21/h1-6,8,20H,7,9-11H2,(H,22,23). The van der Waals surface area contributed by atoms with Crippen molar-refractivity contribution in [1.82, 2.24) is 14.9 Å². The Morgan fingerprint density at radius 3 is 3.00 bits per heavy atom. The van der Waals surface area contributed by atoms with Crippen LogP contribution in [0.4, 0.5) is 0 Å². The van der Waals surface area contributed by atoms with E-state index in [4.69, 9.17) is 0 Å². The van der Waals surface area contributed by atoms with Crippen LogP contribution in [-0.2, 0) is 19.5 Å². The van der Waals surface area contributed by atoms with Crippen LogP contribution in [0.3, 0.4) is 0 Å². The second kappa shape index (κ2) is 5.52. The lowest BCUT2D eigenvalue weighted by molar-refractivity contribution is 0.0693. The largest absolute Gasteiger partial charge is 0.478 e. The summed E-state index contributed by atoms with van der Waals surface area (Å²) in [7, 11) is 0. The van der Waals surface area contributed by atoms with Crippen molar-refractivity contribution in [2.24, 2.45) is 0 Å². The minimum absolute atomic E-state index is 0.287. The minimum atomic E-state index is -0.920. The maximum Gasteiger partial charge on any atom is 0.337 e. The summed E-state index contributed by atoms with van der Waals surface area (Å²) >= 11 is 0. The molecule has 2 N–H and O–H groups in total. The summed E-state index contributed by atoms with van der Waals surface area (Å²) in [5, 5.41) is 10.6. The Morgan fingerprint density at radius 2 is 2.13 bits per heavy atom. The predicted octanol–water partition coefficient (Wildman–Crippen LogP) is 2.82. The molecule has 1 aromatic carbocycles. The number of H-pyrrole nitrogens is 1. The molecule has 3 heterocycles. The molecule has 0 spiro atoms. The van der Waals surface area contributed by atoms with Crippen molar-refractivity contribution in [2.45, 2.75) is 19.5 Å². The number of pyridine rings is 1. The zero-order valence-corrected chi connectivity index (χ0v) is 12.6. The smallest absolute Gasteiger partial charge is 0.337 e. The lowest BCUT2D eigenvalue weighted by Gasteiger charge is -2.27. The first-order chi connectivity index (χ1) is 11.2. The summed E-state index contributed by atoms with van der Waals surface area (Å²) < 4.78 is 0. The van der Waals surface area contributed by atoms with Gasteiger partial charge in [0, 0.05) is 42.4 Å². The highest BCUT2D eigenvalue weighted by Gasteiger charge is 2.22. The summed E-state index contributed by atoms with van der Waals surface area (Å²) in [6, 6.07) is 11.6. The van der Waals surface area contributed by atoms with E-state index in [9.17, 15) is 9.90 Å². The van der Waals surface area contributed by atoms with Gasteiger partial charge in [0.05, 0.1) is 11.3 Å². The Labute approximate surface area is 133 Å². The van der Waals surface area contributed by atoms with Crippen LogP contribution in [0.2, 0.25) is 0 Å². The minimum Gasteiger partial charge on any atom is -0.478 e. The van der Waals surface area contributed by atoms with E-state index in [0.717, 1.165) is 19.5 Å². The molecule has 5 nitrogen and oxygen atoms in total. The molecule has 1 aliphatic heterocycles. The van der Waals surface area contributed by atoms with Gasteiger partial charge in [-0.3, -0.25) is 9.88 Å². The number of rotatable bonds is 3. The molecule has 1 aliphatic rings.